The Morgan fingerprint density at radius 3 is 1.77 bits per heavy atom. The van der Waals surface area contributed by atoms with E-state index in [4.69, 9.17) is 28.8 Å². The lowest BCUT2D eigenvalue weighted by molar-refractivity contribution is -0.275. The lowest BCUT2D eigenvalue weighted by atomic mass is 9.69. The fraction of sp³-hybridized carbons (Fsp3) is 0.931. The second kappa shape index (κ2) is 18.3. The molecule has 4 N–H and O–H groups in total. The molecule has 0 aromatic carbocycles. The molecule has 238 valence electrons. The Hall–Kier alpha value is -1.34. The van der Waals surface area contributed by atoms with Crippen LogP contribution in [0.3, 0.4) is 0 Å². The van der Waals surface area contributed by atoms with Crippen molar-refractivity contribution in [1.29, 1.82) is 0 Å². The minimum atomic E-state index is -1.02. The number of esters is 1. The van der Waals surface area contributed by atoms with E-state index < -0.39 is 47.7 Å². The summed E-state index contributed by atoms with van der Waals surface area (Å²) >= 11 is 0. The molecule has 0 aliphatic rings. The van der Waals surface area contributed by atoms with Gasteiger partial charge >= 0.3 is 11.9 Å². The van der Waals surface area contributed by atoms with Crippen molar-refractivity contribution in [3.8, 4) is 0 Å². The third kappa shape index (κ3) is 15.6. The summed E-state index contributed by atoms with van der Waals surface area (Å²) in [5.74, 6) is -1.56. The summed E-state index contributed by atoms with van der Waals surface area (Å²) in [7, 11) is 0. The number of carbonyl (C=O) groups excluding carboxylic acids is 1. The molecule has 0 spiro atoms. The molecule has 0 aromatic heterocycles. The molecule has 0 rings (SSSR count). The molecular formula is C29H56O11. The number of carboxylic acids is 1. The molecule has 0 bridgehead atoms. The Balaban J connectivity index is 5.78. The predicted octanol–water partition coefficient (Wildman–Crippen LogP) is 3.65. The minimum absolute atomic E-state index is 0.0551. The van der Waals surface area contributed by atoms with E-state index in [0.29, 0.717) is 19.3 Å². The summed E-state index contributed by atoms with van der Waals surface area (Å²) in [5.41, 5.74) is -1.62. The van der Waals surface area contributed by atoms with Crippen molar-refractivity contribution in [3.63, 3.8) is 0 Å². The SMILES string of the molecule is CCC(C)(CC(CO)OC(CO)OC(C)C)C(C)(C)OC(COC(=O)CCCC(=O)O)OC(CO)CC(C)(C)C. The minimum Gasteiger partial charge on any atom is -0.481 e. The van der Waals surface area contributed by atoms with E-state index in [1.54, 1.807) is 0 Å². The normalized spacial score (nSPS) is 17.2. The molecule has 5 atom stereocenters. The highest BCUT2D eigenvalue weighted by atomic mass is 16.7. The van der Waals surface area contributed by atoms with Crippen LogP contribution in [0, 0.1) is 10.8 Å². The topological polar surface area (TPSA) is 161 Å². The first-order valence-electron chi connectivity index (χ1n) is 14.3. The van der Waals surface area contributed by atoms with Gasteiger partial charge in [-0.2, -0.15) is 0 Å². The summed E-state index contributed by atoms with van der Waals surface area (Å²) in [6.45, 7) is 16.3. The molecule has 40 heavy (non-hydrogen) atoms. The van der Waals surface area contributed by atoms with E-state index in [1.807, 2.05) is 62.3 Å². The lowest BCUT2D eigenvalue weighted by Gasteiger charge is -2.47. The third-order valence-corrected chi connectivity index (χ3v) is 7.00. The van der Waals surface area contributed by atoms with E-state index >= 15 is 0 Å². The number of carboxylic acid groups (broad SMARTS) is 1. The van der Waals surface area contributed by atoms with Gasteiger partial charge in [0.1, 0.15) is 6.61 Å². The highest BCUT2D eigenvalue weighted by molar-refractivity contribution is 5.71. The van der Waals surface area contributed by atoms with Crippen LogP contribution in [0.2, 0.25) is 0 Å². The first kappa shape index (κ1) is 38.7. The molecule has 0 amide bonds. The highest BCUT2D eigenvalue weighted by Crippen LogP contribution is 2.43. The van der Waals surface area contributed by atoms with Crippen molar-refractivity contribution < 1.29 is 53.7 Å². The predicted molar refractivity (Wildman–Crippen MR) is 149 cm³/mol. The third-order valence-electron chi connectivity index (χ3n) is 7.00. The molecule has 0 saturated heterocycles. The molecule has 0 aliphatic carbocycles. The van der Waals surface area contributed by atoms with E-state index in [9.17, 15) is 24.9 Å². The van der Waals surface area contributed by atoms with Gasteiger partial charge < -0.3 is 44.1 Å². The molecule has 0 aliphatic heterocycles. The van der Waals surface area contributed by atoms with Gasteiger partial charge in [0.15, 0.2) is 12.6 Å². The van der Waals surface area contributed by atoms with E-state index in [2.05, 4.69) is 0 Å². The molecular weight excluding hydrogens is 524 g/mol. The van der Waals surface area contributed by atoms with Gasteiger partial charge in [-0.15, -0.1) is 0 Å². The maximum Gasteiger partial charge on any atom is 0.305 e. The van der Waals surface area contributed by atoms with Crippen molar-refractivity contribution >= 4 is 11.9 Å². The average Bonchev–Trinajstić information content (AvgIpc) is 2.83. The Kier molecular flexibility index (Phi) is 17.6. The number of ether oxygens (including phenoxy) is 5. The zero-order valence-electron chi connectivity index (χ0n) is 26.1. The summed E-state index contributed by atoms with van der Waals surface area (Å²) in [5, 5.41) is 38.5. The van der Waals surface area contributed by atoms with Gasteiger partial charge in [-0.05, 0) is 64.2 Å². The van der Waals surface area contributed by atoms with Gasteiger partial charge in [-0.25, -0.2) is 0 Å². The molecule has 0 saturated carbocycles. The Morgan fingerprint density at radius 1 is 0.775 bits per heavy atom. The van der Waals surface area contributed by atoms with Gasteiger partial charge in [0, 0.05) is 12.8 Å². The number of aliphatic carboxylic acids is 1. The second-order valence-electron chi connectivity index (χ2n) is 12.5. The van der Waals surface area contributed by atoms with Gasteiger partial charge in [0.2, 0.25) is 0 Å². The van der Waals surface area contributed by atoms with Crippen molar-refractivity contribution in [2.45, 2.75) is 137 Å². The molecule has 11 nitrogen and oxygen atoms in total. The zero-order valence-corrected chi connectivity index (χ0v) is 26.1. The van der Waals surface area contributed by atoms with Crippen LogP contribution in [0.1, 0.15) is 101 Å². The highest BCUT2D eigenvalue weighted by Gasteiger charge is 2.45. The summed E-state index contributed by atoms with van der Waals surface area (Å²) in [6, 6.07) is 0. The van der Waals surface area contributed by atoms with Crippen molar-refractivity contribution in [2.24, 2.45) is 10.8 Å². The summed E-state index contributed by atoms with van der Waals surface area (Å²) in [6.07, 6.45) is -1.84. The first-order valence-corrected chi connectivity index (χ1v) is 14.3. The monoisotopic (exact) mass is 580 g/mol. The molecule has 0 radical (unpaired) electrons. The maximum atomic E-state index is 12.3. The number of aliphatic hydroxyl groups is 3. The van der Waals surface area contributed by atoms with Gasteiger partial charge in [0.25, 0.3) is 0 Å². The zero-order chi connectivity index (χ0) is 31.1. The number of rotatable bonds is 22. The van der Waals surface area contributed by atoms with Crippen molar-refractivity contribution in [3.05, 3.63) is 0 Å². The van der Waals surface area contributed by atoms with E-state index in [1.165, 1.54) is 0 Å². The summed E-state index contributed by atoms with van der Waals surface area (Å²) < 4.78 is 29.4. The largest absolute Gasteiger partial charge is 0.481 e. The Bertz CT molecular complexity index is 719. The van der Waals surface area contributed by atoms with Crippen molar-refractivity contribution in [2.75, 3.05) is 26.4 Å². The quantitative estimate of drug-likeness (QED) is 0.109. The Labute approximate surface area is 240 Å². The van der Waals surface area contributed by atoms with Crippen molar-refractivity contribution in [1.82, 2.24) is 0 Å². The van der Waals surface area contributed by atoms with Crippen LogP contribution in [0.25, 0.3) is 0 Å². The van der Waals surface area contributed by atoms with Crippen LogP contribution in [-0.4, -0.2) is 95.3 Å². The lowest BCUT2D eigenvalue weighted by Crippen LogP contribution is -2.50. The van der Waals surface area contributed by atoms with Crippen LogP contribution in [0.4, 0.5) is 0 Å². The van der Waals surface area contributed by atoms with E-state index in [-0.39, 0.29) is 57.2 Å². The average molecular weight is 581 g/mol. The van der Waals surface area contributed by atoms with Crippen LogP contribution >= 0.6 is 0 Å². The number of hydrogen-bond donors (Lipinski definition) is 4. The fourth-order valence-electron chi connectivity index (χ4n) is 4.35. The van der Waals surface area contributed by atoms with Crippen LogP contribution in [0.5, 0.6) is 0 Å². The smallest absolute Gasteiger partial charge is 0.305 e. The fourth-order valence-corrected chi connectivity index (χ4v) is 4.35. The first-order chi connectivity index (χ1) is 18.4. The molecule has 0 heterocycles. The van der Waals surface area contributed by atoms with Crippen LogP contribution in [-0.2, 0) is 33.3 Å². The molecule has 11 heteroatoms. The second-order valence-corrected chi connectivity index (χ2v) is 12.5. The van der Waals surface area contributed by atoms with E-state index in [0.717, 1.165) is 0 Å². The number of aliphatic hydroxyl groups excluding tert-OH is 3. The Morgan fingerprint density at radius 2 is 1.32 bits per heavy atom. The van der Waals surface area contributed by atoms with Crippen LogP contribution < -0.4 is 0 Å². The van der Waals surface area contributed by atoms with Crippen LogP contribution in [0.15, 0.2) is 0 Å². The number of hydrogen-bond acceptors (Lipinski definition) is 10. The van der Waals surface area contributed by atoms with Gasteiger partial charge in [-0.1, -0.05) is 34.6 Å². The number of carbonyl (C=O) groups is 2. The molecule has 5 unspecified atom stereocenters. The van der Waals surface area contributed by atoms with Gasteiger partial charge in [-0.3, -0.25) is 9.59 Å². The molecule has 0 fully saturated rings. The molecule has 0 aromatic rings. The summed E-state index contributed by atoms with van der Waals surface area (Å²) in [4.78, 5) is 23.0. The standard InChI is InChI=1S/C29H56O11/c1-10-29(9,15-22(17-31)38-25(18-32)37-20(2)3)28(7,8)40-26(39-21(16-30)14-27(4,5)6)19-36-24(35)13-11-12-23(33)34/h20-22,25-26,30-32H,10-19H2,1-9H3,(H,33,34). The van der Waals surface area contributed by atoms with Gasteiger partial charge in [0.05, 0.1) is 43.7 Å². The maximum absolute atomic E-state index is 12.3.